The Morgan fingerprint density at radius 1 is 1.46 bits per heavy atom. The van der Waals surface area contributed by atoms with Gasteiger partial charge in [0.25, 0.3) is 0 Å². The van der Waals surface area contributed by atoms with E-state index in [-0.39, 0.29) is 0 Å². The Morgan fingerprint density at radius 3 is 2.85 bits per heavy atom. The van der Waals surface area contributed by atoms with Gasteiger partial charge in [0.2, 0.25) is 0 Å². The van der Waals surface area contributed by atoms with Crippen LogP contribution in [0.3, 0.4) is 0 Å². The van der Waals surface area contributed by atoms with Gasteiger partial charge in [-0.3, -0.25) is 0 Å². The highest BCUT2D eigenvalue weighted by atomic mass is 16.5. The summed E-state index contributed by atoms with van der Waals surface area (Å²) in [6.45, 7) is 3.51. The van der Waals surface area contributed by atoms with E-state index < -0.39 is 0 Å². The van der Waals surface area contributed by atoms with Gasteiger partial charge in [-0.1, -0.05) is 31.2 Å². The molecule has 0 aliphatic rings. The van der Waals surface area contributed by atoms with Crippen LogP contribution in [0.2, 0.25) is 0 Å². The molecule has 2 N–H and O–H groups in total. The monoisotopic (exact) mass is 179 g/mol. The lowest BCUT2D eigenvalue weighted by Gasteiger charge is -2.11. The fraction of sp³-hybridized carbons (Fsp3) is 0.455. The van der Waals surface area contributed by atoms with E-state index in [4.69, 9.17) is 10.5 Å². The highest BCUT2D eigenvalue weighted by Crippen LogP contribution is 2.16. The van der Waals surface area contributed by atoms with Gasteiger partial charge in [0.1, 0.15) is 0 Å². The molecule has 0 saturated heterocycles. The van der Waals surface area contributed by atoms with Crippen LogP contribution >= 0.6 is 0 Å². The molecule has 72 valence electrons. The van der Waals surface area contributed by atoms with Gasteiger partial charge in [0.05, 0.1) is 6.61 Å². The molecular formula is C11H17NO. The van der Waals surface area contributed by atoms with E-state index in [1.807, 2.05) is 12.1 Å². The van der Waals surface area contributed by atoms with Crippen molar-refractivity contribution in [3.05, 3.63) is 35.4 Å². The molecule has 0 bridgehead atoms. The molecule has 0 fully saturated rings. The summed E-state index contributed by atoms with van der Waals surface area (Å²) in [6, 6.07) is 8.35. The Kier molecular flexibility index (Phi) is 3.93. The predicted octanol–water partition coefficient (Wildman–Crippen LogP) is 1.90. The third-order valence-electron chi connectivity index (χ3n) is 2.17. The first-order chi connectivity index (χ1) is 6.27. The van der Waals surface area contributed by atoms with Gasteiger partial charge in [-0.25, -0.2) is 0 Å². The predicted molar refractivity (Wildman–Crippen MR) is 54.6 cm³/mol. The quantitative estimate of drug-likeness (QED) is 0.766. The molecule has 2 nitrogen and oxygen atoms in total. The highest BCUT2D eigenvalue weighted by molar-refractivity contribution is 5.25. The van der Waals surface area contributed by atoms with Crippen LogP contribution in [0.15, 0.2) is 24.3 Å². The van der Waals surface area contributed by atoms with E-state index in [1.165, 1.54) is 11.1 Å². The summed E-state index contributed by atoms with van der Waals surface area (Å²) in [4.78, 5) is 0. The second-order valence-electron chi connectivity index (χ2n) is 3.31. The third-order valence-corrected chi connectivity index (χ3v) is 2.17. The number of benzene rings is 1. The molecule has 0 aliphatic carbocycles. The number of hydrogen-bond donors (Lipinski definition) is 1. The average molecular weight is 179 g/mol. The van der Waals surface area contributed by atoms with Gasteiger partial charge in [-0.05, 0) is 11.1 Å². The minimum atomic E-state index is 0.441. The summed E-state index contributed by atoms with van der Waals surface area (Å²) in [6.07, 6.45) is 0. The largest absolute Gasteiger partial charge is 0.384 e. The van der Waals surface area contributed by atoms with Crippen molar-refractivity contribution in [1.29, 1.82) is 0 Å². The lowest BCUT2D eigenvalue weighted by atomic mass is 10.00. The second kappa shape index (κ2) is 5.00. The highest BCUT2D eigenvalue weighted by Gasteiger charge is 2.04. The van der Waals surface area contributed by atoms with Gasteiger partial charge >= 0.3 is 0 Å². The number of nitrogens with two attached hydrogens (primary N) is 1. The first-order valence-corrected chi connectivity index (χ1v) is 4.55. The molecule has 1 unspecified atom stereocenters. The molecule has 0 amide bonds. The maximum atomic E-state index is 5.56. The normalized spacial score (nSPS) is 12.8. The lowest BCUT2D eigenvalue weighted by Crippen LogP contribution is -2.03. The Labute approximate surface area is 79.7 Å². The van der Waals surface area contributed by atoms with Crippen molar-refractivity contribution in [2.75, 3.05) is 13.7 Å². The first kappa shape index (κ1) is 10.2. The minimum absolute atomic E-state index is 0.441. The second-order valence-corrected chi connectivity index (χ2v) is 3.31. The van der Waals surface area contributed by atoms with Crippen LogP contribution in [-0.2, 0) is 11.3 Å². The fourth-order valence-corrected chi connectivity index (χ4v) is 1.37. The summed E-state index contributed by atoms with van der Waals surface area (Å²) in [5, 5.41) is 0. The zero-order valence-electron chi connectivity index (χ0n) is 8.29. The average Bonchev–Trinajstić information content (AvgIpc) is 2.18. The molecule has 0 heterocycles. The summed E-state index contributed by atoms with van der Waals surface area (Å²) in [5.74, 6) is 0.441. The lowest BCUT2D eigenvalue weighted by molar-refractivity contribution is 0.184. The molecule has 0 aromatic heterocycles. The maximum absolute atomic E-state index is 5.56. The third kappa shape index (κ3) is 2.83. The summed E-state index contributed by atoms with van der Waals surface area (Å²) in [5.41, 5.74) is 8.04. The minimum Gasteiger partial charge on any atom is -0.384 e. The SMILES string of the molecule is COCC(C)c1cccc(CN)c1. The first-order valence-electron chi connectivity index (χ1n) is 4.55. The molecule has 0 aliphatic heterocycles. The van der Waals surface area contributed by atoms with Gasteiger partial charge < -0.3 is 10.5 Å². The fourth-order valence-electron chi connectivity index (χ4n) is 1.37. The molecule has 1 aromatic carbocycles. The topological polar surface area (TPSA) is 35.2 Å². The number of methoxy groups -OCH3 is 1. The Hall–Kier alpha value is -0.860. The van der Waals surface area contributed by atoms with Crippen molar-refractivity contribution in [3.8, 4) is 0 Å². The van der Waals surface area contributed by atoms with Crippen LogP contribution in [0, 0.1) is 0 Å². The maximum Gasteiger partial charge on any atom is 0.0528 e. The molecule has 13 heavy (non-hydrogen) atoms. The van der Waals surface area contributed by atoms with Gasteiger partial charge in [-0.2, -0.15) is 0 Å². The summed E-state index contributed by atoms with van der Waals surface area (Å²) in [7, 11) is 1.73. The number of ether oxygens (including phenoxy) is 1. The van der Waals surface area contributed by atoms with Crippen LogP contribution in [0.4, 0.5) is 0 Å². The molecular weight excluding hydrogens is 162 g/mol. The Morgan fingerprint density at radius 2 is 2.23 bits per heavy atom. The molecule has 0 saturated carbocycles. The Balaban J connectivity index is 2.75. The van der Waals surface area contributed by atoms with E-state index in [0.29, 0.717) is 12.5 Å². The van der Waals surface area contributed by atoms with Crippen LogP contribution in [0.1, 0.15) is 24.0 Å². The van der Waals surface area contributed by atoms with E-state index in [0.717, 1.165) is 6.61 Å². The van der Waals surface area contributed by atoms with Crippen molar-refractivity contribution < 1.29 is 4.74 Å². The van der Waals surface area contributed by atoms with Crippen molar-refractivity contribution in [2.45, 2.75) is 19.4 Å². The van der Waals surface area contributed by atoms with E-state index in [2.05, 4.69) is 19.1 Å². The van der Waals surface area contributed by atoms with Gasteiger partial charge in [-0.15, -0.1) is 0 Å². The van der Waals surface area contributed by atoms with E-state index >= 15 is 0 Å². The molecule has 2 heteroatoms. The van der Waals surface area contributed by atoms with Crippen molar-refractivity contribution in [1.82, 2.24) is 0 Å². The van der Waals surface area contributed by atoms with Gasteiger partial charge in [0.15, 0.2) is 0 Å². The molecule has 1 rings (SSSR count). The van der Waals surface area contributed by atoms with Crippen LogP contribution in [0.25, 0.3) is 0 Å². The van der Waals surface area contributed by atoms with Crippen LogP contribution in [0.5, 0.6) is 0 Å². The van der Waals surface area contributed by atoms with E-state index in [1.54, 1.807) is 7.11 Å². The summed E-state index contributed by atoms with van der Waals surface area (Å²) >= 11 is 0. The smallest absolute Gasteiger partial charge is 0.0528 e. The number of hydrogen-bond acceptors (Lipinski definition) is 2. The van der Waals surface area contributed by atoms with Crippen molar-refractivity contribution >= 4 is 0 Å². The zero-order chi connectivity index (χ0) is 9.68. The van der Waals surface area contributed by atoms with Crippen molar-refractivity contribution in [3.63, 3.8) is 0 Å². The number of rotatable bonds is 4. The zero-order valence-corrected chi connectivity index (χ0v) is 8.29. The van der Waals surface area contributed by atoms with Crippen LogP contribution < -0.4 is 5.73 Å². The van der Waals surface area contributed by atoms with E-state index in [9.17, 15) is 0 Å². The van der Waals surface area contributed by atoms with Gasteiger partial charge in [0, 0.05) is 19.6 Å². The Bertz CT molecular complexity index is 260. The molecule has 0 spiro atoms. The molecule has 1 aromatic rings. The summed E-state index contributed by atoms with van der Waals surface area (Å²) < 4.78 is 5.10. The van der Waals surface area contributed by atoms with Crippen LogP contribution in [-0.4, -0.2) is 13.7 Å². The molecule has 0 radical (unpaired) electrons. The molecule has 1 atom stereocenters. The standard InChI is InChI=1S/C11H17NO/c1-9(8-13-2)11-5-3-4-10(6-11)7-12/h3-6,9H,7-8,12H2,1-2H3. The van der Waals surface area contributed by atoms with Crippen molar-refractivity contribution in [2.24, 2.45) is 5.73 Å².